The highest BCUT2D eigenvalue weighted by molar-refractivity contribution is 8.93. The number of thioether (sulfide) groups is 1. The molecule has 96 valence electrons. The standard InChI is InChI=1S/C7H10F3N3S.2BrH/c8-7(9,10)6-5(12-4-13-6)3-14-2-1-11;;/h4H,1-3,11H2,(H,12,13);2*1H. The molecule has 0 amide bonds. The second-order valence-corrected chi connectivity index (χ2v) is 3.67. The first kappa shape index (κ1) is 18.6. The lowest BCUT2D eigenvalue weighted by atomic mass is 10.3. The lowest BCUT2D eigenvalue weighted by molar-refractivity contribution is -0.141. The molecule has 3 N–H and O–H groups in total. The van der Waals surface area contributed by atoms with E-state index in [1.54, 1.807) is 0 Å². The highest BCUT2D eigenvalue weighted by atomic mass is 79.9. The van der Waals surface area contributed by atoms with Crippen molar-refractivity contribution >= 4 is 45.7 Å². The molecule has 1 aromatic heterocycles. The van der Waals surface area contributed by atoms with Crippen LogP contribution in [0.15, 0.2) is 6.33 Å². The Bertz CT molecular complexity index is 293. The third kappa shape index (κ3) is 5.55. The number of imidazole rings is 1. The molecule has 16 heavy (non-hydrogen) atoms. The summed E-state index contributed by atoms with van der Waals surface area (Å²) in [6.07, 6.45) is -3.32. The molecular weight excluding hydrogens is 375 g/mol. The van der Waals surface area contributed by atoms with E-state index in [0.717, 1.165) is 6.33 Å². The number of nitrogens with one attached hydrogen (secondary N) is 1. The Morgan fingerprint density at radius 2 is 2.00 bits per heavy atom. The maximum Gasteiger partial charge on any atom is 0.435 e. The van der Waals surface area contributed by atoms with Gasteiger partial charge in [-0.05, 0) is 0 Å². The average molecular weight is 387 g/mol. The van der Waals surface area contributed by atoms with Crippen LogP contribution in [0.3, 0.4) is 0 Å². The Morgan fingerprint density at radius 3 is 2.50 bits per heavy atom. The smallest absolute Gasteiger partial charge is 0.347 e. The molecule has 9 heteroatoms. The summed E-state index contributed by atoms with van der Waals surface area (Å²) in [5, 5.41) is 0. The second-order valence-electron chi connectivity index (χ2n) is 2.57. The number of nitrogens with two attached hydrogens (primary N) is 1. The molecule has 0 bridgehead atoms. The van der Waals surface area contributed by atoms with E-state index in [4.69, 9.17) is 5.73 Å². The maximum atomic E-state index is 12.3. The van der Waals surface area contributed by atoms with Gasteiger partial charge in [-0.1, -0.05) is 0 Å². The Hall–Kier alpha value is 0.270. The fraction of sp³-hybridized carbons (Fsp3) is 0.571. The van der Waals surface area contributed by atoms with E-state index in [-0.39, 0.29) is 45.4 Å². The van der Waals surface area contributed by atoms with Crippen LogP contribution < -0.4 is 5.73 Å². The molecule has 0 atom stereocenters. The van der Waals surface area contributed by atoms with Crippen molar-refractivity contribution in [1.29, 1.82) is 0 Å². The van der Waals surface area contributed by atoms with Gasteiger partial charge >= 0.3 is 6.18 Å². The van der Waals surface area contributed by atoms with Crippen LogP contribution in [0.4, 0.5) is 13.2 Å². The van der Waals surface area contributed by atoms with E-state index >= 15 is 0 Å². The van der Waals surface area contributed by atoms with Crippen LogP contribution in [0.25, 0.3) is 0 Å². The third-order valence-electron chi connectivity index (χ3n) is 1.50. The molecule has 0 spiro atoms. The largest absolute Gasteiger partial charge is 0.435 e. The van der Waals surface area contributed by atoms with Crippen molar-refractivity contribution in [2.45, 2.75) is 11.9 Å². The molecule has 0 radical (unpaired) electrons. The van der Waals surface area contributed by atoms with Gasteiger partial charge in [-0.2, -0.15) is 24.9 Å². The predicted octanol–water partition coefficient (Wildman–Crippen LogP) is 2.78. The fourth-order valence-electron chi connectivity index (χ4n) is 0.933. The Balaban J connectivity index is 0. The lowest BCUT2D eigenvalue weighted by Crippen LogP contribution is -2.09. The van der Waals surface area contributed by atoms with Gasteiger partial charge in [0.2, 0.25) is 0 Å². The summed E-state index contributed by atoms with van der Waals surface area (Å²) in [6.45, 7) is 0.458. The van der Waals surface area contributed by atoms with Gasteiger partial charge in [0.15, 0.2) is 5.69 Å². The predicted molar refractivity (Wildman–Crippen MR) is 69.5 cm³/mol. The van der Waals surface area contributed by atoms with Crippen molar-refractivity contribution in [2.24, 2.45) is 5.73 Å². The van der Waals surface area contributed by atoms with E-state index in [9.17, 15) is 13.2 Å². The van der Waals surface area contributed by atoms with Crippen molar-refractivity contribution in [3.8, 4) is 0 Å². The number of halogens is 5. The van der Waals surface area contributed by atoms with E-state index in [1.165, 1.54) is 11.8 Å². The molecule has 1 aromatic rings. The number of hydrogen-bond acceptors (Lipinski definition) is 3. The van der Waals surface area contributed by atoms with Crippen LogP contribution in [0.2, 0.25) is 0 Å². The van der Waals surface area contributed by atoms with Crippen LogP contribution in [-0.4, -0.2) is 22.3 Å². The summed E-state index contributed by atoms with van der Waals surface area (Å²) in [6, 6.07) is 0. The summed E-state index contributed by atoms with van der Waals surface area (Å²) in [4.78, 5) is 5.72. The van der Waals surface area contributed by atoms with Crippen LogP contribution in [0, 0.1) is 0 Å². The van der Waals surface area contributed by atoms with Crippen molar-refractivity contribution in [3.05, 3.63) is 17.7 Å². The number of aromatic nitrogens is 2. The number of H-pyrrole nitrogens is 1. The van der Waals surface area contributed by atoms with Crippen LogP contribution in [-0.2, 0) is 11.9 Å². The monoisotopic (exact) mass is 385 g/mol. The molecule has 0 fully saturated rings. The molecule has 0 aliphatic heterocycles. The van der Waals surface area contributed by atoms with Gasteiger partial charge in [0.1, 0.15) is 0 Å². The van der Waals surface area contributed by atoms with Gasteiger partial charge in [-0.3, -0.25) is 0 Å². The molecule has 0 unspecified atom stereocenters. The topological polar surface area (TPSA) is 54.7 Å². The van der Waals surface area contributed by atoms with Gasteiger partial charge < -0.3 is 10.7 Å². The quantitative estimate of drug-likeness (QED) is 0.782. The van der Waals surface area contributed by atoms with E-state index in [2.05, 4.69) is 9.97 Å². The fourth-order valence-corrected chi connectivity index (χ4v) is 1.67. The number of hydrogen-bond donors (Lipinski definition) is 2. The molecular formula is C7H12Br2F3N3S. The highest BCUT2D eigenvalue weighted by Crippen LogP contribution is 2.30. The zero-order chi connectivity index (χ0) is 10.6. The average Bonchev–Trinajstić information content (AvgIpc) is 2.52. The van der Waals surface area contributed by atoms with Gasteiger partial charge in [0.25, 0.3) is 0 Å². The Kier molecular flexibility index (Phi) is 9.75. The van der Waals surface area contributed by atoms with Gasteiger partial charge in [-0.15, -0.1) is 34.0 Å². The number of aromatic amines is 1. The van der Waals surface area contributed by atoms with Crippen LogP contribution >= 0.6 is 45.7 Å². The Labute approximate surface area is 116 Å². The molecule has 1 heterocycles. The second kappa shape index (κ2) is 8.37. The van der Waals surface area contributed by atoms with E-state index in [0.29, 0.717) is 12.3 Å². The van der Waals surface area contributed by atoms with Crippen molar-refractivity contribution in [1.82, 2.24) is 9.97 Å². The van der Waals surface area contributed by atoms with Gasteiger partial charge in [0, 0.05) is 18.1 Å². The highest BCUT2D eigenvalue weighted by Gasteiger charge is 2.35. The van der Waals surface area contributed by atoms with E-state index < -0.39 is 11.9 Å². The molecule has 0 aliphatic carbocycles. The lowest BCUT2D eigenvalue weighted by Gasteiger charge is -2.05. The minimum absolute atomic E-state index is 0. The maximum absolute atomic E-state index is 12.3. The summed E-state index contributed by atoms with van der Waals surface area (Å²) in [5.41, 5.74) is 4.50. The molecule has 0 aromatic carbocycles. The van der Waals surface area contributed by atoms with Crippen molar-refractivity contribution in [3.63, 3.8) is 0 Å². The molecule has 1 rings (SSSR count). The molecule has 3 nitrogen and oxygen atoms in total. The zero-order valence-corrected chi connectivity index (χ0v) is 12.3. The third-order valence-corrected chi connectivity index (χ3v) is 2.51. The summed E-state index contributed by atoms with van der Waals surface area (Å²) in [5.74, 6) is 0.891. The number of alkyl halides is 3. The first-order valence-electron chi connectivity index (χ1n) is 3.93. The van der Waals surface area contributed by atoms with Crippen LogP contribution in [0.5, 0.6) is 0 Å². The SMILES string of the molecule is Br.Br.NCCSCc1[nH]cnc1C(F)(F)F. The minimum Gasteiger partial charge on any atom is -0.347 e. The first-order chi connectivity index (χ1) is 6.55. The van der Waals surface area contributed by atoms with Crippen LogP contribution in [0.1, 0.15) is 11.4 Å². The molecule has 0 saturated carbocycles. The normalized spacial score (nSPS) is 10.5. The number of nitrogens with zero attached hydrogens (tertiary/aromatic N) is 1. The first-order valence-corrected chi connectivity index (χ1v) is 5.08. The van der Waals surface area contributed by atoms with Gasteiger partial charge in [-0.25, -0.2) is 4.98 Å². The summed E-state index contributed by atoms with van der Waals surface area (Å²) < 4.78 is 36.8. The number of rotatable bonds is 4. The molecule has 0 saturated heterocycles. The summed E-state index contributed by atoms with van der Waals surface area (Å²) in [7, 11) is 0. The minimum atomic E-state index is -4.38. The van der Waals surface area contributed by atoms with Crippen molar-refractivity contribution < 1.29 is 13.2 Å². The zero-order valence-electron chi connectivity index (χ0n) is 8.08. The summed E-state index contributed by atoms with van der Waals surface area (Å²) >= 11 is 1.34. The molecule has 0 aliphatic rings. The van der Waals surface area contributed by atoms with E-state index in [1.807, 2.05) is 0 Å². The van der Waals surface area contributed by atoms with Gasteiger partial charge in [0.05, 0.1) is 12.0 Å². The van der Waals surface area contributed by atoms with Crippen molar-refractivity contribution in [2.75, 3.05) is 12.3 Å². The Morgan fingerprint density at radius 1 is 1.38 bits per heavy atom.